The summed E-state index contributed by atoms with van der Waals surface area (Å²) in [7, 11) is 0. The molecular weight excluding hydrogens is 300 g/mol. The Morgan fingerprint density at radius 3 is 1.48 bits per heavy atom. The van der Waals surface area contributed by atoms with Crippen molar-refractivity contribution in [2.45, 2.75) is 25.7 Å². The molecule has 0 heteroatoms. The highest BCUT2D eigenvalue weighted by Gasteiger charge is 2.42. The SMILES string of the molecule is c1ccc2c3c(ccc2c1)CC1(Cc2ccc4ccccc4c2C1)C3. The highest BCUT2D eigenvalue weighted by molar-refractivity contribution is 5.89. The Morgan fingerprint density at radius 1 is 0.480 bits per heavy atom. The van der Waals surface area contributed by atoms with E-state index in [0.717, 1.165) is 0 Å². The summed E-state index contributed by atoms with van der Waals surface area (Å²) in [5, 5.41) is 5.72. The summed E-state index contributed by atoms with van der Waals surface area (Å²) < 4.78 is 0. The Labute approximate surface area is 148 Å². The summed E-state index contributed by atoms with van der Waals surface area (Å²) in [5.74, 6) is 0. The minimum absolute atomic E-state index is 0.402. The first-order chi connectivity index (χ1) is 12.3. The zero-order chi connectivity index (χ0) is 16.4. The Bertz CT molecular complexity index is 1060. The van der Waals surface area contributed by atoms with Crippen LogP contribution in [-0.4, -0.2) is 0 Å². The van der Waals surface area contributed by atoms with Crippen LogP contribution in [0.5, 0.6) is 0 Å². The molecule has 4 aromatic rings. The van der Waals surface area contributed by atoms with Crippen LogP contribution in [0.4, 0.5) is 0 Å². The molecule has 0 bridgehead atoms. The van der Waals surface area contributed by atoms with Crippen LogP contribution >= 0.6 is 0 Å². The van der Waals surface area contributed by atoms with E-state index >= 15 is 0 Å². The van der Waals surface area contributed by atoms with Crippen molar-refractivity contribution in [3.05, 3.63) is 95.1 Å². The summed E-state index contributed by atoms with van der Waals surface area (Å²) in [6, 6.07) is 27.2. The molecule has 2 aliphatic carbocycles. The Morgan fingerprint density at radius 2 is 0.960 bits per heavy atom. The smallest absolute Gasteiger partial charge is 0.0135 e. The van der Waals surface area contributed by atoms with Gasteiger partial charge < -0.3 is 0 Å². The molecule has 0 aromatic heterocycles. The van der Waals surface area contributed by atoms with E-state index in [4.69, 9.17) is 0 Å². The van der Waals surface area contributed by atoms with E-state index in [0.29, 0.717) is 5.41 Å². The zero-order valence-electron chi connectivity index (χ0n) is 14.3. The normalized spacial score (nSPS) is 17.3. The maximum Gasteiger partial charge on any atom is -0.0135 e. The maximum absolute atomic E-state index is 2.38. The second kappa shape index (κ2) is 4.73. The molecule has 1 spiro atoms. The van der Waals surface area contributed by atoms with Crippen molar-refractivity contribution < 1.29 is 0 Å². The minimum Gasteiger partial charge on any atom is -0.0616 e. The Balaban J connectivity index is 1.48. The average Bonchev–Trinajstić information content (AvgIpc) is 3.21. The molecular formula is C25H20. The number of fused-ring (bicyclic) bond motifs is 6. The van der Waals surface area contributed by atoms with Crippen molar-refractivity contribution in [1.82, 2.24) is 0 Å². The lowest BCUT2D eigenvalue weighted by molar-refractivity contribution is 0.327. The molecule has 0 radical (unpaired) electrons. The third-order valence-corrected chi connectivity index (χ3v) is 6.51. The van der Waals surface area contributed by atoms with Crippen LogP contribution in [-0.2, 0) is 25.7 Å². The molecule has 0 atom stereocenters. The molecule has 120 valence electrons. The van der Waals surface area contributed by atoms with Crippen LogP contribution in [0, 0.1) is 5.41 Å². The fraction of sp³-hybridized carbons (Fsp3) is 0.200. The van der Waals surface area contributed by atoms with Crippen molar-refractivity contribution in [1.29, 1.82) is 0 Å². The molecule has 0 N–H and O–H groups in total. The second-order valence-electron chi connectivity index (χ2n) is 8.06. The van der Waals surface area contributed by atoms with Crippen LogP contribution < -0.4 is 0 Å². The fourth-order valence-corrected chi connectivity index (χ4v) is 5.44. The van der Waals surface area contributed by atoms with E-state index < -0.39 is 0 Å². The first kappa shape index (κ1) is 13.7. The van der Waals surface area contributed by atoms with Crippen molar-refractivity contribution in [3.8, 4) is 0 Å². The lowest BCUT2D eigenvalue weighted by atomic mass is 9.81. The van der Waals surface area contributed by atoms with Gasteiger partial charge in [-0.1, -0.05) is 72.8 Å². The summed E-state index contributed by atoms with van der Waals surface area (Å²) in [6.45, 7) is 0. The topological polar surface area (TPSA) is 0 Å². The van der Waals surface area contributed by atoms with E-state index in [2.05, 4.69) is 72.8 Å². The van der Waals surface area contributed by atoms with E-state index in [1.54, 1.807) is 22.3 Å². The summed E-state index contributed by atoms with van der Waals surface area (Å²) in [5.41, 5.74) is 6.77. The Kier molecular flexibility index (Phi) is 2.58. The quantitative estimate of drug-likeness (QED) is 0.380. The van der Waals surface area contributed by atoms with Crippen LogP contribution in [0.1, 0.15) is 22.3 Å². The van der Waals surface area contributed by atoms with Gasteiger partial charge in [0.15, 0.2) is 0 Å². The van der Waals surface area contributed by atoms with Crippen molar-refractivity contribution in [2.24, 2.45) is 5.41 Å². The first-order valence-corrected chi connectivity index (χ1v) is 9.30. The monoisotopic (exact) mass is 320 g/mol. The third-order valence-electron chi connectivity index (χ3n) is 6.51. The van der Waals surface area contributed by atoms with E-state index in [1.165, 1.54) is 47.2 Å². The predicted molar refractivity (Wildman–Crippen MR) is 105 cm³/mol. The molecule has 0 saturated carbocycles. The van der Waals surface area contributed by atoms with Crippen LogP contribution in [0.2, 0.25) is 0 Å². The molecule has 0 fully saturated rings. The summed E-state index contributed by atoms with van der Waals surface area (Å²) >= 11 is 0. The van der Waals surface area contributed by atoms with Crippen molar-refractivity contribution >= 4 is 21.5 Å². The van der Waals surface area contributed by atoms with Gasteiger partial charge in [-0.2, -0.15) is 0 Å². The maximum atomic E-state index is 2.38. The number of hydrogen-bond acceptors (Lipinski definition) is 0. The van der Waals surface area contributed by atoms with Crippen LogP contribution in [0.25, 0.3) is 21.5 Å². The van der Waals surface area contributed by atoms with Gasteiger partial charge in [-0.25, -0.2) is 0 Å². The standard InChI is InChI=1S/C25H20/c1-3-7-21-17(5-1)9-11-19-13-25(15-23(19)21)14-20-12-10-18-6-2-4-8-22(18)24(20)16-25/h1-12H,13-16H2. The zero-order valence-corrected chi connectivity index (χ0v) is 14.3. The molecule has 4 aromatic carbocycles. The van der Waals surface area contributed by atoms with Gasteiger partial charge in [0.25, 0.3) is 0 Å². The fourth-order valence-electron chi connectivity index (χ4n) is 5.44. The van der Waals surface area contributed by atoms with Crippen molar-refractivity contribution in [3.63, 3.8) is 0 Å². The molecule has 0 unspecified atom stereocenters. The van der Waals surface area contributed by atoms with Gasteiger partial charge in [0, 0.05) is 0 Å². The molecule has 25 heavy (non-hydrogen) atoms. The lowest BCUT2D eigenvalue weighted by Gasteiger charge is -2.22. The molecule has 2 aliphatic rings. The van der Waals surface area contributed by atoms with E-state index in [1.807, 2.05) is 0 Å². The number of hydrogen-bond donors (Lipinski definition) is 0. The molecule has 0 heterocycles. The lowest BCUT2D eigenvalue weighted by Crippen LogP contribution is -2.21. The molecule has 0 saturated heterocycles. The number of rotatable bonds is 0. The highest BCUT2D eigenvalue weighted by Crippen LogP contribution is 2.50. The molecule has 0 aliphatic heterocycles. The van der Waals surface area contributed by atoms with Gasteiger partial charge in [0.05, 0.1) is 0 Å². The van der Waals surface area contributed by atoms with Gasteiger partial charge in [-0.15, -0.1) is 0 Å². The van der Waals surface area contributed by atoms with E-state index in [9.17, 15) is 0 Å². The Hall–Kier alpha value is -2.60. The van der Waals surface area contributed by atoms with Gasteiger partial charge in [-0.3, -0.25) is 0 Å². The molecule has 6 rings (SSSR count). The minimum atomic E-state index is 0.402. The number of benzene rings is 4. The second-order valence-corrected chi connectivity index (χ2v) is 8.06. The predicted octanol–water partition coefficient (Wildman–Crippen LogP) is 5.88. The third kappa shape index (κ3) is 1.88. The molecule has 0 nitrogen and oxygen atoms in total. The summed E-state index contributed by atoms with van der Waals surface area (Å²) in [4.78, 5) is 0. The van der Waals surface area contributed by atoms with Gasteiger partial charge >= 0.3 is 0 Å². The first-order valence-electron chi connectivity index (χ1n) is 9.30. The van der Waals surface area contributed by atoms with Crippen LogP contribution in [0.3, 0.4) is 0 Å². The van der Waals surface area contributed by atoms with Gasteiger partial charge in [0.1, 0.15) is 0 Å². The van der Waals surface area contributed by atoms with Crippen LogP contribution in [0.15, 0.2) is 72.8 Å². The summed E-state index contributed by atoms with van der Waals surface area (Å²) in [6.07, 6.45) is 4.92. The van der Waals surface area contributed by atoms with Gasteiger partial charge in [-0.05, 0) is 74.9 Å². The van der Waals surface area contributed by atoms with E-state index in [-0.39, 0.29) is 0 Å². The largest absolute Gasteiger partial charge is 0.0616 e. The average molecular weight is 320 g/mol. The van der Waals surface area contributed by atoms with Crippen molar-refractivity contribution in [2.75, 3.05) is 0 Å². The highest BCUT2D eigenvalue weighted by atomic mass is 14.5. The molecule has 0 amide bonds. The van der Waals surface area contributed by atoms with Gasteiger partial charge in [0.2, 0.25) is 0 Å².